The van der Waals surface area contributed by atoms with Gasteiger partial charge < -0.3 is 4.74 Å². The number of nitrogens with zero attached hydrogens (tertiary/aromatic N) is 1. The Balaban J connectivity index is 2.12. The second-order valence-corrected chi connectivity index (χ2v) is 4.87. The Morgan fingerprint density at radius 3 is 2.29 bits per heavy atom. The van der Waals surface area contributed by atoms with Crippen molar-refractivity contribution in [2.75, 3.05) is 7.11 Å². The van der Waals surface area contributed by atoms with E-state index in [2.05, 4.69) is 41.4 Å². The lowest BCUT2D eigenvalue weighted by atomic mass is 9.98. The molecule has 0 radical (unpaired) electrons. The number of methoxy groups -OCH3 is 1. The van der Waals surface area contributed by atoms with E-state index in [0.717, 1.165) is 29.1 Å². The van der Waals surface area contributed by atoms with Gasteiger partial charge in [0.2, 0.25) is 0 Å². The zero-order valence-corrected chi connectivity index (χ0v) is 12.3. The molecule has 0 atom stereocenters. The SMILES string of the molecule is CCc1[nH]nc(-c2ccc(OC)cc2)c1-c1ccccc1. The maximum absolute atomic E-state index is 5.22. The number of benzene rings is 2. The molecular weight excluding hydrogens is 260 g/mol. The van der Waals surface area contributed by atoms with Crippen LogP contribution in [0.15, 0.2) is 54.6 Å². The molecule has 0 aliphatic carbocycles. The predicted molar refractivity (Wildman–Crippen MR) is 85.4 cm³/mol. The van der Waals surface area contributed by atoms with Gasteiger partial charge in [-0.05, 0) is 36.2 Å². The van der Waals surface area contributed by atoms with E-state index in [9.17, 15) is 0 Å². The third-order valence-corrected chi connectivity index (χ3v) is 3.62. The van der Waals surface area contributed by atoms with Gasteiger partial charge in [0.05, 0.1) is 7.11 Å². The van der Waals surface area contributed by atoms with Crippen LogP contribution in [-0.2, 0) is 6.42 Å². The van der Waals surface area contributed by atoms with Gasteiger partial charge in [-0.2, -0.15) is 5.10 Å². The summed E-state index contributed by atoms with van der Waals surface area (Å²) in [4.78, 5) is 0. The normalized spacial score (nSPS) is 10.6. The van der Waals surface area contributed by atoms with Gasteiger partial charge in [-0.1, -0.05) is 37.3 Å². The smallest absolute Gasteiger partial charge is 0.118 e. The van der Waals surface area contributed by atoms with Crippen LogP contribution >= 0.6 is 0 Å². The lowest BCUT2D eigenvalue weighted by molar-refractivity contribution is 0.415. The Morgan fingerprint density at radius 2 is 1.67 bits per heavy atom. The van der Waals surface area contributed by atoms with E-state index < -0.39 is 0 Å². The summed E-state index contributed by atoms with van der Waals surface area (Å²) < 4.78 is 5.22. The van der Waals surface area contributed by atoms with Crippen molar-refractivity contribution in [2.24, 2.45) is 0 Å². The Morgan fingerprint density at radius 1 is 0.952 bits per heavy atom. The minimum atomic E-state index is 0.853. The average molecular weight is 278 g/mol. The van der Waals surface area contributed by atoms with E-state index in [4.69, 9.17) is 4.74 Å². The minimum absolute atomic E-state index is 0.853. The highest BCUT2D eigenvalue weighted by Gasteiger charge is 2.15. The molecule has 0 saturated heterocycles. The molecule has 0 fully saturated rings. The van der Waals surface area contributed by atoms with Crippen molar-refractivity contribution in [1.82, 2.24) is 10.2 Å². The summed E-state index contributed by atoms with van der Waals surface area (Å²) in [7, 11) is 1.67. The fourth-order valence-electron chi connectivity index (χ4n) is 2.51. The van der Waals surface area contributed by atoms with Crippen LogP contribution in [0.25, 0.3) is 22.4 Å². The Kier molecular flexibility index (Phi) is 3.73. The molecule has 3 heteroatoms. The maximum Gasteiger partial charge on any atom is 0.118 e. The molecule has 1 heterocycles. The van der Waals surface area contributed by atoms with Crippen molar-refractivity contribution in [3.63, 3.8) is 0 Å². The lowest BCUT2D eigenvalue weighted by Crippen LogP contribution is -1.87. The number of ether oxygens (including phenoxy) is 1. The molecule has 3 aromatic rings. The second-order valence-electron chi connectivity index (χ2n) is 4.87. The summed E-state index contributed by atoms with van der Waals surface area (Å²) >= 11 is 0. The lowest BCUT2D eigenvalue weighted by Gasteiger charge is -2.06. The maximum atomic E-state index is 5.22. The van der Waals surface area contributed by atoms with Crippen molar-refractivity contribution < 1.29 is 4.74 Å². The number of aromatic amines is 1. The number of hydrogen-bond acceptors (Lipinski definition) is 2. The third kappa shape index (κ3) is 2.55. The first kappa shape index (κ1) is 13.4. The molecule has 1 N–H and O–H groups in total. The highest BCUT2D eigenvalue weighted by atomic mass is 16.5. The first-order chi connectivity index (χ1) is 10.3. The summed E-state index contributed by atoms with van der Waals surface area (Å²) in [5.41, 5.74) is 5.61. The van der Waals surface area contributed by atoms with E-state index in [1.165, 1.54) is 11.1 Å². The summed E-state index contributed by atoms with van der Waals surface area (Å²) in [6, 6.07) is 18.4. The first-order valence-electron chi connectivity index (χ1n) is 7.10. The molecule has 0 aliphatic heterocycles. The fraction of sp³-hybridized carbons (Fsp3) is 0.167. The third-order valence-electron chi connectivity index (χ3n) is 3.62. The zero-order valence-electron chi connectivity index (χ0n) is 12.3. The molecule has 0 amide bonds. The van der Waals surface area contributed by atoms with Crippen LogP contribution in [0.4, 0.5) is 0 Å². The molecule has 0 unspecified atom stereocenters. The van der Waals surface area contributed by atoms with Gasteiger partial charge in [-0.15, -0.1) is 0 Å². The standard InChI is InChI=1S/C18H18N2O/c1-3-16-17(13-7-5-4-6-8-13)18(20-19-16)14-9-11-15(21-2)12-10-14/h4-12H,3H2,1-2H3,(H,19,20). The number of aryl methyl sites for hydroxylation is 1. The number of rotatable bonds is 4. The molecule has 0 aliphatic rings. The predicted octanol–water partition coefficient (Wildman–Crippen LogP) is 4.31. The molecule has 2 aromatic carbocycles. The average Bonchev–Trinajstić information content (AvgIpc) is 2.99. The van der Waals surface area contributed by atoms with E-state index in [-0.39, 0.29) is 0 Å². The van der Waals surface area contributed by atoms with Crippen LogP contribution in [0.3, 0.4) is 0 Å². The van der Waals surface area contributed by atoms with Gasteiger partial charge in [0.1, 0.15) is 11.4 Å². The molecule has 3 nitrogen and oxygen atoms in total. The molecule has 21 heavy (non-hydrogen) atoms. The number of hydrogen-bond donors (Lipinski definition) is 1. The number of H-pyrrole nitrogens is 1. The van der Waals surface area contributed by atoms with Crippen LogP contribution in [0, 0.1) is 0 Å². The molecule has 3 rings (SSSR count). The van der Waals surface area contributed by atoms with E-state index >= 15 is 0 Å². The van der Waals surface area contributed by atoms with Gasteiger partial charge in [-0.25, -0.2) is 0 Å². The van der Waals surface area contributed by atoms with Crippen molar-refractivity contribution in [1.29, 1.82) is 0 Å². The molecule has 106 valence electrons. The highest BCUT2D eigenvalue weighted by Crippen LogP contribution is 2.33. The topological polar surface area (TPSA) is 37.9 Å². The molecular formula is C18H18N2O. The number of aromatic nitrogens is 2. The van der Waals surface area contributed by atoms with Crippen molar-refractivity contribution in [3.8, 4) is 28.1 Å². The molecule has 0 saturated carbocycles. The summed E-state index contributed by atoms with van der Waals surface area (Å²) in [5, 5.41) is 7.69. The summed E-state index contributed by atoms with van der Waals surface area (Å²) in [6.07, 6.45) is 0.924. The minimum Gasteiger partial charge on any atom is -0.497 e. The largest absolute Gasteiger partial charge is 0.497 e. The molecule has 0 bridgehead atoms. The number of nitrogens with one attached hydrogen (secondary N) is 1. The Hall–Kier alpha value is -2.55. The molecule has 1 aromatic heterocycles. The summed E-state index contributed by atoms with van der Waals surface area (Å²) in [5.74, 6) is 0.853. The van der Waals surface area contributed by atoms with Gasteiger partial charge in [-0.3, -0.25) is 5.10 Å². The van der Waals surface area contributed by atoms with Crippen LogP contribution in [-0.4, -0.2) is 17.3 Å². The molecule has 0 spiro atoms. The Bertz CT molecular complexity index is 715. The van der Waals surface area contributed by atoms with Crippen molar-refractivity contribution >= 4 is 0 Å². The Labute approximate surface area is 124 Å². The zero-order chi connectivity index (χ0) is 14.7. The van der Waals surface area contributed by atoms with Gasteiger partial charge >= 0.3 is 0 Å². The van der Waals surface area contributed by atoms with Crippen molar-refractivity contribution in [2.45, 2.75) is 13.3 Å². The summed E-state index contributed by atoms with van der Waals surface area (Å²) in [6.45, 7) is 2.14. The monoisotopic (exact) mass is 278 g/mol. The van der Waals surface area contributed by atoms with Gasteiger partial charge in [0, 0.05) is 16.8 Å². The van der Waals surface area contributed by atoms with Crippen LogP contribution in [0.1, 0.15) is 12.6 Å². The van der Waals surface area contributed by atoms with Crippen LogP contribution in [0.5, 0.6) is 5.75 Å². The van der Waals surface area contributed by atoms with Gasteiger partial charge in [0.15, 0.2) is 0 Å². The van der Waals surface area contributed by atoms with E-state index in [0.29, 0.717) is 0 Å². The van der Waals surface area contributed by atoms with E-state index in [1.54, 1.807) is 7.11 Å². The quantitative estimate of drug-likeness (QED) is 0.772. The van der Waals surface area contributed by atoms with Gasteiger partial charge in [0.25, 0.3) is 0 Å². The highest BCUT2D eigenvalue weighted by molar-refractivity contribution is 5.82. The van der Waals surface area contributed by atoms with Crippen LogP contribution in [0.2, 0.25) is 0 Å². The first-order valence-corrected chi connectivity index (χ1v) is 7.10. The van der Waals surface area contributed by atoms with Crippen molar-refractivity contribution in [3.05, 3.63) is 60.3 Å². The van der Waals surface area contributed by atoms with E-state index in [1.807, 2.05) is 30.3 Å². The van der Waals surface area contributed by atoms with Crippen LogP contribution < -0.4 is 4.74 Å². The second kappa shape index (κ2) is 5.83. The fourth-order valence-corrected chi connectivity index (χ4v) is 2.51.